The first kappa shape index (κ1) is 21.4. The standard InChI is InChI=1S/C24H33N7/c1-24(2,3)20-16-19(17-25-20)26-22-27-21(11-10-18-8-6-5-7-9-18)28-23(29-22)31-14-12-30(4)13-15-31/h5-11,19H,12-17H2,1-4H3,(H,26,27,28,29). The van der Waals surface area contributed by atoms with Crippen LogP contribution in [0.15, 0.2) is 35.3 Å². The number of rotatable bonds is 5. The quantitative estimate of drug-likeness (QED) is 0.800. The van der Waals surface area contributed by atoms with Crippen LogP contribution < -0.4 is 10.2 Å². The molecule has 1 aromatic carbocycles. The molecule has 1 fully saturated rings. The molecule has 1 unspecified atom stereocenters. The van der Waals surface area contributed by atoms with Crippen molar-refractivity contribution in [2.45, 2.75) is 33.2 Å². The van der Waals surface area contributed by atoms with Crippen molar-refractivity contribution < 1.29 is 0 Å². The smallest absolute Gasteiger partial charge is 0.230 e. The zero-order valence-electron chi connectivity index (χ0n) is 19.0. The average molecular weight is 420 g/mol. The molecule has 0 radical (unpaired) electrons. The Morgan fingerprint density at radius 3 is 2.39 bits per heavy atom. The number of hydrogen-bond acceptors (Lipinski definition) is 7. The van der Waals surface area contributed by atoms with Gasteiger partial charge in [0.15, 0.2) is 5.82 Å². The highest BCUT2D eigenvalue weighted by Gasteiger charge is 2.28. The molecule has 3 heterocycles. The van der Waals surface area contributed by atoms with E-state index in [1.54, 1.807) is 0 Å². The van der Waals surface area contributed by atoms with Crippen molar-refractivity contribution in [2.75, 3.05) is 50.0 Å². The lowest BCUT2D eigenvalue weighted by molar-refractivity contribution is 0.311. The van der Waals surface area contributed by atoms with Gasteiger partial charge in [0.25, 0.3) is 0 Å². The summed E-state index contributed by atoms with van der Waals surface area (Å²) in [6, 6.07) is 10.4. The molecule has 0 aliphatic carbocycles. The second-order valence-electron chi connectivity index (χ2n) is 9.43. The monoisotopic (exact) mass is 419 g/mol. The zero-order chi connectivity index (χ0) is 21.8. The van der Waals surface area contributed by atoms with Gasteiger partial charge in [0.1, 0.15) is 0 Å². The Kier molecular flexibility index (Phi) is 6.32. The van der Waals surface area contributed by atoms with Crippen LogP contribution in [-0.2, 0) is 0 Å². The summed E-state index contributed by atoms with van der Waals surface area (Å²) in [6.07, 6.45) is 4.94. The largest absolute Gasteiger partial charge is 0.349 e. The molecule has 1 atom stereocenters. The van der Waals surface area contributed by atoms with E-state index in [-0.39, 0.29) is 11.5 Å². The van der Waals surface area contributed by atoms with Crippen LogP contribution in [0.5, 0.6) is 0 Å². The molecule has 2 aliphatic rings. The van der Waals surface area contributed by atoms with Crippen molar-refractivity contribution in [3.8, 4) is 0 Å². The van der Waals surface area contributed by atoms with Crippen LogP contribution in [0.2, 0.25) is 0 Å². The predicted molar refractivity (Wildman–Crippen MR) is 129 cm³/mol. The minimum atomic E-state index is 0.101. The number of benzene rings is 1. The van der Waals surface area contributed by atoms with E-state index in [4.69, 9.17) is 19.9 Å². The number of piperazine rings is 1. The maximum absolute atomic E-state index is 4.78. The van der Waals surface area contributed by atoms with Crippen molar-refractivity contribution in [3.63, 3.8) is 0 Å². The first-order valence-corrected chi connectivity index (χ1v) is 11.1. The number of nitrogens with one attached hydrogen (secondary N) is 1. The molecule has 0 saturated carbocycles. The van der Waals surface area contributed by atoms with Crippen molar-refractivity contribution in [3.05, 3.63) is 41.7 Å². The number of aliphatic imine (C=N–C) groups is 1. The summed E-state index contributed by atoms with van der Waals surface area (Å²) in [6.45, 7) is 11.3. The normalized spacial score (nSPS) is 20.3. The summed E-state index contributed by atoms with van der Waals surface area (Å²) < 4.78 is 0. The first-order valence-electron chi connectivity index (χ1n) is 11.1. The minimum absolute atomic E-state index is 0.101. The highest BCUT2D eigenvalue weighted by Crippen LogP contribution is 2.25. The van der Waals surface area contributed by atoms with E-state index < -0.39 is 0 Å². The molecular formula is C24H33N7. The van der Waals surface area contributed by atoms with Crippen molar-refractivity contribution >= 4 is 29.8 Å². The Labute approximate surface area is 185 Å². The predicted octanol–water partition coefficient (Wildman–Crippen LogP) is 3.47. The van der Waals surface area contributed by atoms with Gasteiger partial charge in [-0.2, -0.15) is 15.0 Å². The van der Waals surface area contributed by atoms with E-state index in [1.807, 2.05) is 30.4 Å². The molecule has 0 spiro atoms. The first-order chi connectivity index (χ1) is 14.9. The van der Waals surface area contributed by atoms with Gasteiger partial charge in [-0.3, -0.25) is 4.99 Å². The summed E-state index contributed by atoms with van der Waals surface area (Å²) in [5, 5.41) is 3.52. The topological polar surface area (TPSA) is 69.5 Å². The molecule has 2 aliphatic heterocycles. The van der Waals surface area contributed by atoms with Gasteiger partial charge in [0.2, 0.25) is 11.9 Å². The fourth-order valence-electron chi connectivity index (χ4n) is 3.81. The second kappa shape index (κ2) is 9.14. The Balaban J connectivity index is 1.55. The maximum Gasteiger partial charge on any atom is 0.230 e. The van der Waals surface area contributed by atoms with E-state index in [0.29, 0.717) is 11.8 Å². The van der Waals surface area contributed by atoms with Gasteiger partial charge in [0, 0.05) is 38.3 Å². The number of aromatic nitrogens is 3. The van der Waals surface area contributed by atoms with E-state index in [1.165, 1.54) is 5.71 Å². The molecule has 7 heteroatoms. The van der Waals surface area contributed by atoms with Crippen molar-refractivity contribution in [1.29, 1.82) is 0 Å². The van der Waals surface area contributed by atoms with Gasteiger partial charge in [-0.05, 0) is 24.1 Å². The lowest BCUT2D eigenvalue weighted by Crippen LogP contribution is -2.45. The summed E-state index contributed by atoms with van der Waals surface area (Å²) in [7, 11) is 2.15. The summed E-state index contributed by atoms with van der Waals surface area (Å²) in [5.41, 5.74) is 2.48. The van der Waals surface area contributed by atoms with Crippen LogP contribution in [-0.4, -0.2) is 71.4 Å². The summed E-state index contributed by atoms with van der Waals surface area (Å²) in [5.74, 6) is 2.05. The van der Waals surface area contributed by atoms with Crippen molar-refractivity contribution in [1.82, 2.24) is 19.9 Å². The maximum atomic E-state index is 4.78. The van der Waals surface area contributed by atoms with E-state index in [2.05, 4.69) is 55.1 Å². The third kappa shape index (κ3) is 5.67. The number of anilines is 2. The van der Waals surface area contributed by atoms with Crippen LogP contribution in [0.3, 0.4) is 0 Å². The van der Waals surface area contributed by atoms with E-state index >= 15 is 0 Å². The van der Waals surface area contributed by atoms with Crippen LogP contribution in [0.4, 0.5) is 11.9 Å². The SMILES string of the molecule is CN1CCN(c2nc(C=Cc3ccccc3)nc(NC3CN=C(C(C)(C)C)C3)n2)CC1. The molecule has 1 N–H and O–H groups in total. The van der Waals surface area contributed by atoms with E-state index in [9.17, 15) is 0 Å². The van der Waals surface area contributed by atoms with Crippen LogP contribution >= 0.6 is 0 Å². The zero-order valence-corrected chi connectivity index (χ0v) is 19.0. The second-order valence-corrected chi connectivity index (χ2v) is 9.43. The Morgan fingerprint density at radius 2 is 1.71 bits per heavy atom. The molecule has 0 bridgehead atoms. The Hall–Kier alpha value is -2.80. The van der Waals surface area contributed by atoms with Gasteiger partial charge in [-0.1, -0.05) is 57.2 Å². The lowest BCUT2D eigenvalue weighted by atomic mass is 9.88. The molecule has 1 saturated heterocycles. The third-order valence-electron chi connectivity index (χ3n) is 5.79. The summed E-state index contributed by atoms with van der Waals surface area (Å²) in [4.78, 5) is 23.6. The summed E-state index contributed by atoms with van der Waals surface area (Å²) >= 11 is 0. The van der Waals surface area contributed by atoms with Crippen molar-refractivity contribution in [2.24, 2.45) is 10.4 Å². The molecule has 1 aromatic heterocycles. The molecule has 4 rings (SSSR count). The fourth-order valence-corrected chi connectivity index (χ4v) is 3.81. The highest BCUT2D eigenvalue weighted by molar-refractivity contribution is 5.91. The molecule has 2 aromatic rings. The molecule has 31 heavy (non-hydrogen) atoms. The molecule has 7 nitrogen and oxygen atoms in total. The van der Waals surface area contributed by atoms with E-state index in [0.717, 1.165) is 50.7 Å². The van der Waals surface area contributed by atoms with Crippen LogP contribution in [0.1, 0.15) is 38.6 Å². The average Bonchev–Trinajstić information content (AvgIpc) is 3.22. The minimum Gasteiger partial charge on any atom is -0.349 e. The number of nitrogens with zero attached hydrogens (tertiary/aromatic N) is 6. The Morgan fingerprint density at radius 1 is 0.968 bits per heavy atom. The van der Waals surface area contributed by atoms with Crippen LogP contribution in [0.25, 0.3) is 12.2 Å². The molecule has 0 amide bonds. The molecular weight excluding hydrogens is 386 g/mol. The highest BCUT2D eigenvalue weighted by atomic mass is 15.3. The fraction of sp³-hybridized carbons (Fsp3) is 0.500. The van der Waals surface area contributed by atoms with Gasteiger partial charge in [-0.25, -0.2) is 0 Å². The van der Waals surface area contributed by atoms with Crippen LogP contribution in [0, 0.1) is 5.41 Å². The number of likely N-dealkylation sites (N-methyl/N-ethyl adjacent to an activating group) is 1. The Bertz CT molecular complexity index is 938. The van der Waals surface area contributed by atoms with Gasteiger partial charge >= 0.3 is 0 Å². The third-order valence-corrected chi connectivity index (χ3v) is 5.79. The lowest BCUT2D eigenvalue weighted by Gasteiger charge is -2.32. The van der Waals surface area contributed by atoms with Gasteiger partial charge in [-0.15, -0.1) is 0 Å². The number of hydrogen-bond donors (Lipinski definition) is 1. The van der Waals surface area contributed by atoms with Gasteiger partial charge in [0.05, 0.1) is 12.6 Å². The van der Waals surface area contributed by atoms with Gasteiger partial charge < -0.3 is 15.1 Å². The molecule has 164 valence electrons.